The van der Waals surface area contributed by atoms with Crippen LogP contribution in [-0.2, 0) is 20.7 Å². The molecule has 1 atom stereocenters. The van der Waals surface area contributed by atoms with E-state index in [-0.39, 0.29) is 12.1 Å². The first-order valence-electron chi connectivity index (χ1n) is 6.62. The molecule has 0 heterocycles. The Kier molecular flexibility index (Phi) is 7.29. The van der Waals surface area contributed by atoms with Gasteiger partial charge in [0.05, 0.1) is 23.4 Å². The number of esters is 1. The van der Waals surface area contributed by atoms with E-state index >= 15 is 0 Å². The minimum Gasteiger partial charge on any atom is -0.493 e. The van der Waals surface area contributed by atoms with Crippen LogP contribution in [0, 0.1) is 3.57 Å². The summed E-state index contributed by atoms with van der Waals surface area (Å²) in [6.07, 6.45) is -0.109. The highest BCUT2D eigenvalue weighted by Gasteiger charge is 2.22. The quantitative estimate of drug-likeness (QED) is 0.528. The molecule has 0 bridgehead atoms. The maximum atomic E-state index is 11.7. The minimum atomic E-state index is -0.575. The van der Waals surface area contributed by atoms with Gasteiger partial charge in [-0.3, -0.25) is 0 Å². The van der Waals surface area contributed by atoms with Crippen molar-refractivity contribution < 1.29 is 19.0 Å². The molecule has 0 amide bonds. The molecule has 0 unspecified atom stereocenters. The topological polar surface area (TPSA) is 44.8 Å². The van der Waals surface area contributed by atoms with E-state index in [0.717, 1.165) is 14.9 Å². The van der Waals surface area contributed by atoms with E-state index in [0.29, 0.717) is 13.0 Å². The summed E-state index contributed by atoms with van der Waals surface area (Å²) in [7, 11) is 1.38. The predicted octanol–water partition coefficient (Wildman–Crippen LogP) is 3.20. The summed E-state index contributed by atoms with van der Waals surface area (Å²) in [5.74, 6) is 0.513. The van der Waals surface area contributed by atoms with Crippen molar-refractivity contribution in [2.24, 2.45) is 0 Å². The van der Waals surface area contributed by atoms with Gasteiger partial charge in [-0.15, -0.1) is 0 Å². The highest BCUT2D eigenvalue weighted by atomic mass is 127. The van der Waals surface area contributed by atoms with Crippen molar-refractivity contribution in [1.29, 1.82) is 0 Å². The van der Waals surface area contributed by atoms with Crippen LogP contribution in [0.2, 0.25) is 0 Å². The van der Waals surface area contributed by atoms with Crippen molar-refractivity contribution in [3.05, 3.63) is 27.3 Å². The molecule has 0 aliphatic rings. The fourth-order valence-corrected chi connectivity index (χ4v) is 2.54. The van der Waals surface area contributed by atoms with E-state index in [4.69, 9.17) is 14.2 Å². The largest absolute Gasteiger partial charge is 0.493 e. The molecular formula is C15H21IO4. The number of carbonyl (C=O) groups is 1. The summed E-state index contributed by atoms with van der Waals surface area (Å²) < 4.78 is 16.9. The molecule has 112 valence electrons. The van der Waals surface area contributed by atoms with Gasteiger partial charge in [0.1, 0.15) is 5.75 Å². The fourth-order valence-electron chi connectivity index (χ4n) is 1.80. The van der Waals surface area contributed by atoms with E-state index < -0.39 is 6.10 Å². The van der Waals surface area contributed by atoms with Crippen molar-refractivity contribution in [2.75, 3.05) is 13.7 Å². The maximum Gasteiger partial charge on any atom is 0.335 e. The molecule has 1 aromatic carbocycles. The number of hydrogen-bond acceptors (Lipinski definition) is 4. The zero-order chi connectivity index (χ0) is 15.1. The SMILES string of the molecule is CCOc1ccc(C[C@H](OC(C)C)C(=O)OC)cc1I. The van der Waals surface area contributed by atoms with Gasteiger partial charge in [0.25, 0.3) is 0 Å². The Labute approximate surface area is 133 Å². The molecule has 5 heteroatoms. The Hall–Kier alpha value is -0.820. The molecule has 0 aliphatic carbocycles. The number of rotatable bonds is 7. The summed E-state index contributed by atoms with van der Waals surface area (Å²) in [5, 5.41) is 0. The summed E-state index contributed by atoms with van der Waals surface area (Å²) in [6.45, 7) is 6.39. The van der Waals surface area contributed by atoms with Crippen molar-refractivity contribution >= 4 is 28.6 Å². The van der Waals surface area contributed by atoms with Gasteiger partial charge in [-0.25, -0.2) is 4.79 Å². The van der Waals surface area contributed by atoms with E-state index in [9.17, 15) is 4.79 Å². The van der Waals surface area contributed by atoms with Gasteiger partial charge in [0, 0.05) is 6.42 Å². The number of halogens is 1. The Morgan fingerprint density at radius 2 is 2.05 bits per heavy atom. The normalized spacial score (nSPS) is 12.3. The van der Waals surface area contributed by atoms with Gasteiger partial charge >= 0.3 is 5.97 Å². The summed E-state index contributed by atoms with van der Waals surface area (Å²) in [6, 6.07) is 5.88. The van der Waals surface area contributed by atoms with Crippen molar-refractivity contribution in [2.45, 2.75) is 39.4 Å². The second-order valence-electron chi connectivity index (χ2n) is 4.60. The van der Waals surface area contributed by atoms with Crippen LogP contribution in [0.5, 0.6) is 5.75 Å². The lowest BCUT2D eigenvalue weighted by atomic mass is 10.1. The third kappa shape index (κ3) is 5.28. The Bertz CT molecular complexity index is 445. The third-order valence-corrected chi connectivity index (χ3v) is 3.46. The van der Waals surface area contributed by atoms with Crippen LogP contribution >= 0.6 is 22.6 Å². The molecule has 0 radical (unpaired) electrons. The molecule has 0 spiro atoms. The molecule has 0 aliphatic heterocycles. The number of ether oxygens (including phenoxy) is 3. The molecule has 20 heavy (non-hydrogen) atoms. The average Bonchev–Trinajstić information content (AvgIpc) is 2.40. The van der Waals surface area contributed by atoms with Gasteiger partial charge in [-0.2, -0.15) is 0 Å². The number of carbonyl (C=O) groups excluding carboxylic acids is 1. The van der Waals surface area contributed by atoms with E-state index in [1.165, 1.54) is 7.11 Å². The molecule has 0 saturated carbocycles. The number of benzene rings is 1. The zero-order valence-electron chi connectivity index (χ0n) is 12.3. The molecule has 1 rings (SSSR count). The Morgan fingerprint density at radius 1 is 1.35 bits per heavy atom. The third-order valence-electron chi connectivity index (χ3n) is 2.62. The van der Waals surface area contributed by atoms with Crippen LogP contribution in [0.4, 0.5) is 0 Å². The standard InChI is InChI=1S/C15H21IO4/c1-5-19-13-7-6-11(8-12(13)16)9-14(15(17)18-4)20-10(2)3/h6-8,10,14H,5,9H2,1-4H3/t14-/m0/s1. The average molecular weight is 392 g/mol. The molecule has 0 N–H and O–H groups in total. The van der Waals surface area contributed by atoms with Crippen molar-refractivity contribution in [1.82, 2.24) is 0 Å². The van der Waals surface area contributed by atoms with Crippen LogP contribution < -0.4 is 4.74 Å². The lowest BCUT2D eigenvalue weighted by Crippen LogP contribution is -2.30. The highest BCUT2D eigenvalue weighted by Crippen LogP contribution is 2.23. The Balaban J connectivity index is 2.82. The highest BCUT2D eigenvalue weighted by molar-refractivity contribution is 14.1. The first-order chi connectivity index (χ1) is 9.47. The summed E-state index contributed by atoms with van der Waals surface area (Å²) in [4.78, 5) is 11.7. The lowest BCUT2D eigenvalue weighted by molar-refractivity contribution is -0.156. The molecule has 0 saturated heterocycles. The predicted molar refractivity (Wildman–Crippen MR) is 86.1 cm³/mol. The second kappa shape index (κ2) is 8.46. The summed E-state index contributed by atoms with van der Waals surface area (Å²) in [5.41, 5.74) is 1.02. The number of hydrogen-bond donors (Lipinski definition) is 0. The van der Waals surface area contributed by atoms with Gasteiger partial charge in [-0.05, 0) is 61.1 Å². The van der Waals surface area contributed by atoms with E-state index in [1.54, 1.807) is 0 Å². The summed E-state index contributed by atoms with van der Waals surface area (Å²) >= 11 is 2.23. The molecule has 0 fully saturated rings. The van der Waals surface area contributed by atoms with E-state index in [1.807, 2.05) is 39.0 Å². The first kappa shape index (κ1) is 17.2. The van der Waals surface area contributed by atoms with Gasteiger partial charge in [-0.1, -0.05) is 6.07 Å². The zero-order valence-corrected chi connectivity index (χ0v) is 14.5. The first-order valence-corrected chi connectivity index (χ1v) is 7.70. The molecule has 1 aromatic rings. The minimum absolute atomic E-state index is 0.0270. The Morgan fingerprint density at radius 3 is 2.55 bits per heavy atom. The van der Waals surface area contributed by atoms with Crippen LogP contribution in [-0.4, -0.2) is 31.9 Å². The van der Waals surface area contributed by atoms with Gasteiger partial charge in [0.2, 0.25) is 0 Å². The molecule has 4 nitrogen and oxygen atoms in total. The van der Waals surface area contributed by atoms with Gasteiger partial charge in [0.15, 0.2) is 6.10 Å². The van der Waals surface area contributed by atoms with Crippen LogP contribution in [0.1, 0.15) is 26.3 Å². The van der Waals surface area contributed by atoms with Gasteiger partial charge < -0.3 is 14.2 Å². The van der Waals surface area contributed by atoms with Crippen LogP contribution in [0.3, 0.4) is 0 Å². The van der Waals surface area contributed by atoms with Crippen molar-refractivity contribution in [3.8, 4) is 5.75 Å². The van der Waals surface area contributed by atoms with E-state index in [2.05, 4.69) is 22.6 Å². The van der Waals surface area contributed by atoms with Crippen LogP contribution in [0.25, 0.3) is 0 Å². The fraction of sp³-hybridized carbons (Fsp3) is 0.533. The van der Waals surface area contributed by atoms with Crippen molar-refractivity contribution in [3.63, 3.8) is 0 Å². The molecule has 0 aromatic heterocycles. The monoisotopic (exact) mass is 392 g/mol. The number of methoxy groups -OCH3 is 1. The van der Waals surface area contributed by atoms with Crippen LogP contribution in [0.15, 0.2) is 18.2 Å². The smallest absolute Gasteiger partial charge is 0.335 e. The lowest BCUT2D eigenvalue weighted by Gasteiger charge is -2.18. The second-order valence-corrected chi connectivity index (χ2v) is 5.76. The molecular weight excluding hydrogens is 371 g/mol. The maximum absolute atomic E-state index is 11.7.